The van der Waals surface area contributed by atoms with E-state index < -0.39 is 28.1 Å². The first-order valence-corrected chi connectivity index (χ1v) is 7.25. The van der Waals surface area contributed by atoms with Crippen LogP contribution < -0.4 is 29.6 Å². The number of rotatable bonds is 10. The van der Waals surface area contributed by atoms with Gasteiger partial charge in [-0.25, -0.2) is 0 Å². The zero-order valence-electron chi connectivity index (χ0n) is 12.3. The fraction of sp³-hybridized carbons (Fsp3) is 1.00. The van der Waals surface area contributed by atoms with Gasteiger partial charge in [0.05, 0.1) is 12.7 Å². The zero-order valence-corrected chi connectivity index (χ0v) is 14.1. The van der Waals surface area contributed by atoms with E-state index in [2.05, 4.69) is 4.74 Å². The maximum Gasteiger partial charge on any atom is 1.00 e. The van der Waals surface area contributed by atoms with Crippen molar-refractivity contribution in [1.82, 2.24) is 0 Å². The third kappa shape index (κ3) is 10.1. The molecule has 9 heteroatoms. The normalized spacial score (nSPS) is 13.9. The Morgan fingerprint density at radius 1 is 1.32 bits per heavy atom. The first-order valence-electron chi connectivity index (χ1n) is 5.81. The minimum Gasteiger partial charge on any atom is -1.00 e. The van der Waals surface area contributed by atoms with Crippen LogP contribution in [0.4, 0.5) is 8.78 Å². The Bertz CT molecular complexity index is 330. The average Bonchev–Trinajstić information content (AvgIpc) is 2.22. The molecule has 5 nitrogen and oxygen atoms in total. The minimum atomic E-state index is -5.46. The first kappa shape index (κ1) is 22.0. The number of ether oxygens (including phenoxy) is 1. The van der Waals surface area contributed by atoms with Gasteiger partial charge in [-0.05, 0) is 6.42 Å². The molecule has 0 aliphatic carbocycles. The standard InChI is InChI=1S/C10H20F2O5S.Na.H/c1-2-3-4-5-6-9(13)7-17-8-10(11,12)18(14,15)16;;/h9,13H,2-8H2,1H3,(H,14,15,16);;/q;+1;-1. The summed E-state index contributed by atoms with van der Waals surface area (Å²) >= 11 is 0. The maximum absolute atomic E-state index is 12.7. The molecule has 0 fully saturated rings. The fourth-order valence-electron chi connectivity index (χ4n) is 1.28. The van der Waals surface area contributed by atoms with E-state index in [9.17, 15) is 22.3 Å². The summed E-state index contributed by atoms with van der Waals surface area (Å²) in [7, 11) is -5.46. The molecule has 0 bridgehead atoms. The Balaban J connectivity index is -0.00000144. The number of hydrogen-bond donors (Lipinski definition) is 2. The van der Waals surface area contributed by atoms with Crippen LogP contribution >= 0.6 is 0 Å². The number of halogens is 2. The van der Waals surface area contributed by atoms with Crippen molar-refractivity contribution < 1.29 is 62.6 Å². The molecule has 0 saturated carbocycles. The predicted octanol–water partition coefficient (Wildman–Crippen LogP) is -1.07. The number of unbranched alkanes of at least 4 members (excludes halogenated alkanes) is 3. The summed E-state index contributed by atoms with van der Waals surface area (Å²) in [4.78, 5) is 0. The van der Waals surface area contributed by atoms with E-state index in [1.54, 1.807) is 0 Å². The number of alkyl halides is 2. The molecule has 112 valence electrons. The molecule has 0 saturated heterocycles. The van der Waals surface area contributed by atoms with Gasteiger partial charge in [-0.2, -0.15) is 17.2 Å². The van der Waals surface area contributed by atoms with Crippen LogP contribution in [-0.4, -0.2) is 42.6 Å². The summed E-state index contributed by atoms with van der Waals surface area (Å²) in [6, 6.07) is 0. The predicted molar refractivity (Wildman–Crippen MR) is 63.2 cm³/mol. The van der Waals surface area contributed by atoms with Gasteiger partial charge in [0.25, 0.3) is 0 Å². The van der Waals surface area contributed by atoms with Crippen molar-refractivity contribution in [3.8, 4) is 0 Å². The molecular weight excluding hydrogens is 293 g/mol. The molecule has 1 unspecified atom stereocenters. The van der Waals surface area contributed by atoms with Gasteiger partial charge in [0.15, 0.2) is 0 Å². The van der Waals surface area contributed by atoms with Gasteiger partial charge >= 0.3 is 44.9 Å². The number of hydrogen-bond acceptors (Lipinski definition) is 4. The Morgan fingerprint density at radius 2 is 1.89 bits per heavy atom. The molecule has 2 N–H and O–H groups in total. The molecule has 0 rings (SSSR count). The van der Waals surface area contributed by atoms with Crippen molar-refractivity contribution in [2.75, 3.05) is 13.2 Å². The second-order valence-corrected chi connectivity index (χ2v) is 5.68. The Morgan fingerprint density at radius 3 is 2.37 bits per heavy atom. The maximum atomic E-state index is 12.7. The van der Waals surface area contributed by atoms with Crippen LogP contribution in [-0.2, 0) is 14.9 Å². The van der Waals surface area contributed by atoms with E-state index in [0.29, 0.717) is 6.42 Å². The van der Waals surface area contributed by atoms with E-state index in [-0.39, 0.29) is 37.6 Å². The second-order valence-electron chi connectivity index (χ2n) is 4.13. The molecule has 0 aromatic carbocycles. The van der Waals surface area contributed by atoms with Gasteiger partial charge in [-0.3, -0.25) is 4.55 Å². The molecule has 0 amide bonds. The summed E-state index contributed by atoms with van der Waals surface area (Å²) in [5, 5.41) is 5.03. The molecule has 0 aromatic rings. The molecule has 19 heavy (non-hydrogen) atoms. The summed E-state index contributed by atoms with van der Waals surface area (Å²) in [6.07, 6.45) is 3.29. The van der Waals surface area contributed by atoms with Crippen molar-refractivity contribution in [1.29, 1.82) is 0 Å². The molecule has 0 aliphatic heterocycles. The first-order chi connectivity index (χ1) is 8.20. The largest absolute Gasteiger partial charge is 1.00 e. The number of aliphatic hydroxyl groups excluding tert-OH is 1. The second kappa shape index (κ2) is 10.4. The number of aliphatic hydroxyl groups is 1. The SMILES string of the molecule is CCCCCCC(O)COCC(F)(F)S(=O)(=O)O.[H-].[Na+]. The van der Waals surface area contributed by atoms with E-state index in [1.807, 2.05) is 6.92 Å². The third-order valence-electron chi connectivity index (χ3n) is 2.35. The van der Waals surface area contributed by atoms with Crippen molar-refractivity contribution in [3.05, 3.63) is 0 Å². The summed E-state index contributed by atoms with van der Waals surface area (Å²) in [5.74, 6) is 0. The molecule has 1 atom stereocenters. The summed E-state index contributed by atoms with van der Waals surface area (Å²) in [5.41, 5.74) is 0. The van der Waals surface area contributed by atoms with E-state index in [1.165, 1.54) is 0 Å². The molecule has 0 radical (unpaired) electrons. The van der Waals surface area contributed by atoms with Gasteiger partial charge in [-0.1, -0.05) is 32.6 Å². The summed E-state index contributed by atoms with van der Waals surface area (Å²) < 4.78 is 58.4. The van der Waals surface area contributed by atoms with Crippen LogP contribution in [0, 0.1) is 0 Å². The fourth-order valence-corrected chi connectivity index (χ4v) is 1.51. The van der Waals surface area contributed by atoms with E-state index in [0.717, 1.165) is 25.7 Å². The monoisotopic (exact) mass is 314 g/mol. The van der Waals surface area contributed by atoms with Gasteiger partial charge in [0, 0.05) is 0 Å². The Labute approximate surface area is 136 Å². The minimum absolute atomic E-state index is 0. The van der Waals surface area contributed by atoms with Crippen LogP contribution in [0.1, 0.15) is 40.5 Å². The third-order valence-corrected chi connectivity index (χ3v) is 3.22. The van der Waals surface area contributed by atoms with Crippen LogP contribution in [0.15, 0.2) is 0 Å². The Kier molecular flexibility index (Phi) is 12.1. The van der Waals surface area contributed by atoms with Crippen molar-refractivity contribution in [3.63, 3.8) is 0 Å². The molecule has 0 aromatic heterocycles. The van der Waals surface area contributed by atoms with Gasteiger partial charge in [-0.15, -0.1) is 0 Å². The van der Waals surface area contributed by atoms with Crippen molar-refractivity contribution in [2.24, 2.45) is 0 Å². The Hall–Kier alpha value is 0.690. The molecule has 0 aliphatic rings. The molecule has 0 spiro atoms. The quantitative estimate of drug-likeness (QED) is 0.305. The van der Waals surface area contributed by atoms with Gasteiger partial charge < -0.3 is 11.3 Å². The van der Waals surface area contributed by atoms with E-state index in [4.69, 9.17) is 4.55 Å². The smallest absolute Gasteiger partial charge is 1.00 e. The van der Waals surface area contributed by atoms with Crippen molar-refractivity contribution >= 4 is 10.1 Å². The van der Waals surface area contributed by atoms with Crippen LogP contribution in [0.2, 0.25) is 0 Å². The topological polar surface area (TPSA) is 83.8 Å². The van der Waals surface area contributed by atoms with Crippen LogP contribution in [0.3, 0.4) is 0 Å². The van der Waals surface area contributed by atoms with Crippen LogP contribution in [0.25, 0.3) is 0 Å². The average molecular weight is 314 g/mol. The van der Waals surface area contributed by atoms with E-state index >= 15 is 0 Å². The zero-order chi connectivity index (χ0) is 14.2. The van der Waals surface area contributed by atoms with Gasteiger partial charge in [0.1, 0.15) is 6.61 Å². The van der Waals surface area contributed by atoms with Crippen molar-refractivity contribution in [2.45, 2.75) is 50.4 Å². The molecule has 0 heterocycles. The van der Waals surface area contributed by atoms with Gasteiger partial charge in [0.2, 0.25) is 0 Å². The van der Waals surface area contributed by atoms with Crippen LogP contribution in [0.5, 0.6) is 0 Å². The molecular formula is C10H21F2NaO5S. The summed E-state index contributed by atoms with van der Waals surface area (Å²) in [6.45, 7) is 0.200.